The molecule has 2 heterocycles. The molecule has 0 aliphatic rings. The molecule has 0 aliphatic heterocycles. The van der Waals surface area contributed by atoms with Gasteiger partial charge in [0.15, 0.2) is 5.96 Å². The van der Waals surface area contributed by atoms with Gasteiger partial charge in [0.2, 0.25) is 0 Å². The van der Waals surface area contributed by atoms with Crippen molar-refractivity contribution in [2.24, 2.45) is 4.99 Å². The first-order valence-corrected chi connectivity index (χ1v) is 8.74. The monoisotopic (exact) mass is 339 g/mol. The predicted octanol–water partition coefficient (Wildman–Crippen LogP) is 3.36. The molecular weight excluding hydrogens is 318 g/mol. The lowest BCUT2D eigenvalue weighted by atomic mass is 10.2. The summed E-state index contributed by atoms with van der Waals surface area (Å²) in [6, 6.07) is 14.6. The van der Waals surface area contributed by atoms with Gasteiger partial charge in [-0.2, -0.15) is 5.10 Å². The number of hydrogen-bond donors (Lipinski definition) is 2. The summed E-state index contributed by atoms with van der Waals surface area (Å²) >= 11 is 1.74. The molecule has 0 aliphatic carbocycles. The largest absolute Gasteiger partial charge is 0.352 e. The maximum Gasteiger partial charge on any atom is 0.191 e. The van der Waals surface area contributed by atoms with E-state index in [1.54, 1.807) is 24.6 Å². The van der Waals surface area contributed by atoms with Crippen LogP contribution in [0.5, 0.6) is 0 Å². The zero-order valence-corrected chi connectivity index (χ0v) is 14.6. The lowest BCUT2D eigenvalue weighted by Crippen LogP contribution is -2.38. The standard InChI is InChI=1S/C18H21N5S/c1-14(17-8-4-11-24-17)22-18(19-2)20-13-15-6-3-7-16(12-15)23-10-5-9-21-23/h3-12,14H,13H2,1-2H3,(H2,19,20,22). The molecular formula is C18H21N5S. The summed E-state index contributed by atoms with van der Waals surface area (Å²) in [5.74, 6) is 0.792. The minimum Gasteiger partial charge on any atom is -0.352 e. The van der Waals surface area contributed by atoms with E-state index in [0.717, 1.165) is 11.6 Å². The van der Waals surface area contributed by atoms with Crippen LogP contribution in [-0.2, 0) is 6.54 Å². The Balaban J connectivity index is 1.61. The van der Waals surface area contributed by atoms with E-state index in [2.05, 4.69) is 57.3 Å². The van der Waals surface area contributed by atoms with E-state index < -0.39 is 0 Å². The quantitative estimate of drug-likeness (QED) is 0.553. The summed E-state index contributed by atoms with van der Waals surface area (Å²) in [6.07, 6.45) is 3.72. The molecule has 0 saturated carbocycles. The van der Waals surface area contributed by atoms with E-state index in [0.29, 0.717) is 6.54 Å². The van der Waals surface area contributed by atoms with Crippen LogP contribution in [-0.4, -0.2) is 22.8 Å². The SMILES string of the molecule is CN=C(NCc1cccc(-n2cccn2)c1)NC(C)c1cccs1. The fourth-order valence-corrected chi connectivity index (χ4v) is 3.16. The Bertz CT molecular complexity index is 778. The van der Waals surface area contributed by atoms with Gasteiger partial charge in [0, 0.05) is 30.9 Å². The van der Waals surface area contributed by atoms with Gasteiger partial charge < -0.3 is 10.6 Å². The second-order valence-electron chi connectivity index (χ2n) is 5.43. The maximum absolute atomic E-state index is 4.31. The molecule has 0 bridgehead atoms. The van der Waals surface area contributed by atoms with Crippen LogP contribution >= 0.6 is 11.3 Å². The maximum atomic E-state index is 4.31. The van der Waals surface area contributed by atoms with Crippen molar-refractivity contribution in [2.75, 3.05) is 7.05 Å². The van der Waals surface area contributed by atoms with Crippen molar-refractivity contribution in [1.29, 1.82) is 0 Å². The third-order valence-electron chi connectivity index (χ3n) is 3.69. The molecule has 2 aromatic heterocycles. The highest BCUT2D eigenvalue weighted by Crippen LogP contribution is 2.17. The minimum atomic E-state index is 0.228. The second-order valence-corrected chi connectivity index (χ2v) is 6.41. The van der Waals surface area contributed by atoms with Gasteiger partial charge in [-0.1, -0.05) is 18.2 Å². The first-order valence-electron chi connectivity index (χ1n) is 7.86. The molecule has 1 atom stereocenters. The van der Waals surface area contributed by atoms with Crippen LogP contribution < -0.4 is 10.6 Å². The number of aromatic nitrogens is 2. The number of nitrogens with zero attached hydrogens (tertiary/aromatic N) is 3. The normalized spacial score (nSPS) is 12.8. The Morgan fingerprint density at radius 2 is 2.21 bits per heavy atom. The highest BCUT2D eigenvalue weighted by Gasteiger charge is 2.08. The number of guanidine groups is 1. The lowest BCUT2D eigenvalue weighted by Gasteiger charge is -2.17. The van der Waals surface area contributed by atoms with E-state index in [-0.39, 0.29) is 6.04 Å². The molecule has 0 radical (unpaired) electrons. The van der Waals surface area contributed by atoms with Crippen molar-refractivity contribution in [1.82, 2.24) is 20.4 Å². The van der Waals surface area contributed by atoms with Gasteiger partial charge in [0.1, 0.15) is 0 Å². The van der Waals surface area contributed by atoms with Gasteiger partial charge in [-0.15, -0.1) is 11.3 Å². The van der Waals surface area contributed by atoms with Crippen LogP contribution in [0.4, 0.5) is 0 Å². The summed E-state index contributed by atoms with van der Waals surface area (Å²) in [6.45, 7) is 2.84. The average molecular weight is 339 g/mol. The topological polar surface area (TPSA) is 54.2 Å². The zero-order chi connectivity index (χ0) is 16.8. The first kappa shape index (κ1) is 16.3. The van der Waals surface area contributed by atoms with E-state index in [1.165, 1.54) is 10.4 Å². The van der Waals surface area contributed by atoms with Gasteiger partial charge >= 0.3 is 0 Å². The van der Waals surface area contributed by atoms with Crippen LogP contribution in [0.1, 0.15) is 23.4 Å². The Morgan fingerprint density at radius 3 is 2.92 bits per heavy atom. The molecule has 1 aromatic carbocycles. The Kier molecular flexibility index (Phi) is 5.28. The highest BCUT2D eigenvalue weighted by atomic mass is 32.1. The van der Waals surface area contributed by atoms with Crippen LogP contribution in [0, 0.1) is 0 Å². The predicted molar refractivity (Wildman–Crippen MR) is 99.6 cm³/mol. The fourth-order valence-electron chi connectivity index (χ4n) is 2.42. The number of rotatable bonds is 5. The third-order valence-corrected chi connectivity index (χ3v) is 4.74. The fraction of sp³-hybridized carbons (Fsp3) is 0.222. The van der Waals surface area contributed by atoms with Crippen molar-refractivity contribution in [2.45, 2.75) is 19.5 Å². The Hall–Kier alpha value is -2.60. The molecule has 2 N–H and O–H groups in total. The van der Waals surface area contributed by atoms with Crippen molar-refractivity contribution < 1.29 is 0 Å². The molecule has 124 valence electrons. The van der Waals surface area contributed by atoms with E-state index in [9.17, 15) is 0 Å². The van der Waals surface area contributed by atoms with Crippen LogP contribution in [0.25, 0.3) is 5.69 Å². The van der Waals surface area contributed by atoms with E-state index in [4.69, 9.17) is 0 Å². The molecule has 6 heteroatoms. The zero-order valence-electron chi connectivity index (χ0n) is 13.8. The van der Waals surface area contributed by atoms with Gasteiger partial charge in [0.25, 0.3) is 0 Å². The average Bonchev–Trinajstić information content (AvgIpc) is 3.32. The molecule has 5 nitrogen and oxygen atoms in total. The summed E-state index contributed by atoms with van der Waals surface area (Å²) in [7, 11) is 1.79. The van der Waals surface area contributed by atoms with Crippen LogP contribution in [0.15, 0.2) is 65.2 Å². The van der Waals surface area contributed by atoms with Crippen molar-refractivity contribution in [3.8, 4) is 5.69 Å². The van der Waals surface area contributed by atoms with Crippen molar-refractivity contribution >= 4 is 17.3 Å². The number of aliphatic imine (C=N–C) groups is 1. The van der Waals surface area contributed by atoms with Crippen LogP contribution in [0.2, 0.25) is 0 Å². The molecule has 24 heavy (non-hydrogen) atoms. The van der Waals surface area contributed by atoms with Crippen molar-refractivity contribution in [3.63, 3.8) is 0 Å². The summed E-state index contributed by atoms with van der Waals surface area (Å²) in [4.78, 5) is 5.60. The highest BCUT2D eigenvalue weighted by molar-refractivity contribution is 7.10. The summed E-state index contributed by atoms with van der Waals surface area (Å²) < 4.78 is 1.86. The molecule has 0 spiro atoms. The van der Waals surface area contributed by atoms with Gasteiger partial charge in [-0.05, 0) is 42.1 Å². The summed E-state index contributed by atoms with van der Waals surface area (Å²) in [5, 5.41) is 13.1. The van der Waals surface area contributed by atoms with Gasteiger partial charge in [-0.3, -0.25) is 4.99 Å². The van der Waals surface area contributed by atoms with Gasteiger partial charge in [0.05, 0.1) is 11.7 Å². The Labute approximate surface area is 146 Å². The third kappa shape index (κ3) is 4.02. The smallest absolute Gasteiger partial charge is 0.191 e. The molecule has 3 aromatic rings. The molecule has 1 unspecified atom stereocenters. The number of hydrogen-bond acceptors (Lipinski definition) is 3. The summed E-state index contributed by atoms with van der Waals surface area (Å²) in [5.41, 5.74) is 2.23. The molecule has 3 rings (SSSR count). The van der Waals surface area contributed by atoms with Crippen LogP contribution in [0.3, 0.4) is 0 Å². The minimum absolute atomic E-state index is 0.228. The number of nitrogens with one attached hydrogen (secondary N) is 2. The molecule has 0 saturated heterocycles. The Morgan fingerprint density at radius 1 is 1.29 bits per heavy atom. The second kappa shape index (κ2) is 7.79. The van der Waals surface area contributed by atoms with Gasteiger partial charge in [-0.25, -0.2) is 4.68 Å². The number of thiophene rings is 1. The first-order chi connectivity index (χ1) is 11.8. The number of benzene rings is 1. The van der Waals surface area contributed by atoms with Crippen molar-refractivity contribution in [3.05, 3.63) is 70.7 Å². The molecule has 0 amide bonds. The molecule has 0 fully saturated rings. The lowest BCUT2D eigenvalue weighted by molar-refractivity contribution is 0.696. The van der Waals surface area contributed by atoms with E-state index >= 15 is 0 Å². The van der Waals surface area contributed by atoms with E-state index in [1.807, 2.05) is 29.1 Å².